The van der Waals surface area contributed by atoms with Crippen LogP contribution in [0.3, 0.4) is 0 Å². The second-order valence-corrected chi connectivity index (χ2v) is 8.78. The monoisotopic (exact) mass is 425 g/mol. The molecule has 1 amide bonds. The van der Waals surface area contributed by atoms with Crippen LogP contribution in [0.15, 0.2) is 48.7 Å². The molecule has 1 unspecified atom stereocenters. The summed E-state index contributed by atoms with van der Waals surface area (Å²) in [6.45, 7) is 9.28. The minimum atomic E-state index is -0.577. The number of rotatable bonds is 5. The van der Waals surface area contributed by atoms with Gasteiger partial charge in [-0.3, -0.25) is 9.78 Å². The maximum atomic E-state index is 12.9. The molecule has 0 N–H and O–H groups in total. The lowest BCUT2D eigenvalue weighted by Crippen LogP contribution is -2.56. The van der Waals surface area contributed by atoms with Crippen molar-refractivity contribution in [3.8, 4) is 0 Å². The van der Waals surface area contributed by atoms with E-state index in [9.17, 15) is 9.59 Å². The summed E-state index contributed by atoms with van der Waals surface area (Å²) in [5.74, 6) is -0.328. The Labute approximate surface area is 184 Å². The Morgan fingerprint density at radius 3 is 2.55 bits per heavy atom. The van der Waals surface area contributed by atoms with Gasteiger partial charge in [0.05, 0.1) is 12.5 Å². The SMILES string of the molecule is Cc1cc(N2CCN(C(=O)OCc3ccccc3)C(CC(=O)OC(C)(C)C)C2)ccn1. The zero-order valence-electron chi connectivity index (χ0n) is 18.7. The van der Waals surface area contributed by atoms with Crippen molar-refractivity contribution in [2.75, 3.05) is 24.5 Å². The summed E-state index contributed by atoms with van der Waals surface area (Å²) in [6.07, 6.45) is 1.47. The van der Waals surface area contributed by atoms with Gasteiger partial charge < -0.3 is 19.3 Å². The molecule has 0 radical (unpaired) electrons. The molecule has 1 aromatic heterocycles. The summed E-state index contributed by atoms with van der Waals surface area (Å²) in [6, 6.07) is 13.2. The topological polar surface area (TPSA) is 72.0 Å². The molecular formula is C24H31N3O4. The van der Waals surface area contributed by atoms with E-state index in [2.05, 4.69) is 9.88 Å². The Balaban J connectivity index is 1.71. The van der Waals surface area contributed by atoms with Crippen molar-refractivity contribution in [2.45, 2.75) is 52.4 Å². The van der Waals surface area contributed by atoms with E-state index in [0.717, 1.165) is 16.9 Å². The summed E-state index contributed by atoms with van der Waals surface area (Å²) < 4.78 is 11.1. The highest BCUT2D eigenvalue weighted by molar-refractivity contribution is 5.74. The molecular weight excluding hydrogens is 394 g/mol. The molecule has 1 atom stereocenters. The van der Waals surface area contributed by atoms with Crippen molar-refractivity contribution in [1.82, 2.24) is 9.88 Å². The van der Waals surface area contributed by atoms with E-state index in [-0.39, 0.29) is 25.0 Å². The lowest BCUT2D eigenvalue weighted by atomic mass is 10.1. The Morgan fingerprint density at radius 1 is 1.13 bits per heavy atom. The molecule has 7 heteroatoms. The smallest absolute Gasteiger partial charge is 0.410 e. The molecule has 1 aromatic carbocycles. The minimum Gasteiger partial charge on any atom is -0.460 e. The van der Waals surface area contributed by atoms with Crippen molar-refractivity contribution in [3.63, 3.8) is 0 Å². The molecule has 7 nitrogen and oxygen atoms in total. The van der Waals surface area contributed by atoms with Crippen LogP contribution in [0.1, 0.15) is 38.4 Å². The van der Waals surface area contributed by atoms with E-state index in [1.54, 1.807) is 11.1 Å². The largest absolute Gasteiger partial charge is 0.460 e. The molecule has 3 rings (SSSR count). The summed E-state index contributed by atoms with van der Waals surface area (Å²) in [7, 11) is 0. The quantitative estimate of drug-likeness (QED) is 0.676. The van der Waals surface area contributed by atoms with E-state index >= 15 is 0 Å². The van der Waals surface area contributed by atoms with Crippen molar-refractivity contribution >= 4 is 17.7 Å². The standard InChI is InChI=1S/C24H31N3O4/c1-18-14-20(10-11-25-18)26-12-13-27(21(16-26)15-22(28)31-24(2,3)4)23(29)30-17-19-8-6-5-7-9-19/h5-11,14,21H,12-13,15-17H2,1-4H3. The number of anilines is 1. The average molecular weight is 426 g/mol. The predicted molar refractivity (Wildman–Crippen MR) is 119 cm³/mol. The van der Waals surface area contributed by atoms with Crippen LogP contribution in [0.4, 0.5) is 10.5 Å². The number of carbonyl (C=O) groups excluding carboxylic acids is 2. The van der Waals surface area contributed by atoms with Crippen molar-refractivity contribution < 1.29 is 19.1 Å². The molecule has 1 aliphatic rings. The first-order valence-electron chi connectivity index (χ1n) is 10.6. The normalized spacial score (nSPS) is 16.7. The second-order valence-electron chi connectivity index (χ2n) is 8.78. The van der Waals surface area contributed by atoms with Gasteiger partial charge in [-0.1, -0.05) is 30.3 Å². The molecule has 1 saturated heterocycles. The molecule has 31 heavy (non-hydrogen) atoms. The van der Waals surface area contributed by atoms with Crippen LogP contribution in [0, 0.1) is 6.92 Å². The summed E-state index contributed by atoms with van der Waals surface area (Å²) >= 11 is 0. The molecule has 1 aliphatic heterocycles. The Morgan fingerprint density at radius 2 is 1.87 bits per heavy atom. The first-order chi connectivity index (χ1) is 14.7. The highest BCUT2D eigenvalue weighted by atomic mass is 16.6. The maximum Gasteiger partial charge on any atom is 0.410 e. The van der Waals surface area contributed by atoms with Gasteiger partial charge in [-0.05, 0) is 45.4 Å². The van der Waals surface area contributed by atoms with Gasteiger partial charge in [0.15, 0.2) is 0 Å². The number of benzene rings is 1. The number of ether oxygens (including phenoxy) is 2. The summed E-state index contributed by atoms with van der Waals surface area (Å²) in [5, 5.41) is 0. The van der Waals surface area contributed by atoms with Crippen LogP contribution >= 0.6 is 0 Å². The van der Waals surface area contributed by atoms with Crippen molar-refractivity contribution in [3.05, 3.63) is 59.9 Å². The average Bonchev–Trinajstić information content (AvgIpc) is 2.71. The number of carbonyl (C=O) groups is 2. The number of hydrogen-bond donors (Lipinski definition) is 0. The fourth-order valence-electron chi connectivity index (χ4n) is 3.61. The van der Waals surface area contributed by atoms with Gasteiger partial charge in [0.1, 0.15) is 12.2 Å². The zero-order valence-corrected chi connectivity index (χ0v) is 18.7. The molecule has 1 fully saturated rings. The van der Waals surface area contributed by atoms with Crippen molar-refractivity contribution in [2.24, 2.45) is 0 Å². The van der Waals surface area contributed by atoms with E-state index in [1.165, 1.54) is 0 Å². The Hall–Kier alpha value is -3.09. The van der Waals surface area contributed by atoms with Gasteiger partial charge in [-0.25, -0.2) is 4.79 Å². The number of hydrogen-bond acceptors (Lipinski definition) is 6. The number of esters is 1. The highest BCUT2D eigenvalue weighted by Gasteiger charge is 2.34. The van der Waals surface area contributed by atoms with Gasteiger partial charge in [0.2, 0.25) is 0 Å². The van der Waals surface area contributed by atoms with Crippen LogP contribution in [0.5, 0.6) is 0 Å². The highest BCUT2D eigenvalue weighted by Crippen LogP contribution is 2.23. The number of amides is 1. The Kier molecular flexibility index (Phi) is 7.15. The number of piperazine rings is 1. The fourth-order valence-corrected chi connectivity index (χ4v) is 3.61. The van der Waals surface area contributed by atoms with E-state index in [0.29, 0.717) is 19.6 Å². The molecule has 2 heterocycles. The van der Waals surface area contributed by atoms with Gasteiger partial charge >= 0.3 is 12.1 Å². The number of aromatic nitrogens is 1. The molecule has 2 aromatic rings. The lowest BCUT2D eigenvalue weighted by molar-refractivity contribution is -0.156. The minimum absolute atomic E-state index is 0.109. The summed E-state index contributed by atoms with van der Waals surface area (Å²) in [4.78, 5) is 33.5. The van der Waals surface area contributed by atoms with Gasteiger partial charge in [-0.2, -0.15) is 0 Å². The molecule has 0 saturated carbocycles. The van der Waals surface area contributed by atoms with E-state index < -0.39 is 11.7 Å². The maximum absolute atomic E-state index is 12.9. The van der Waals surface area contributed by atoms with Crippen LogP contribution in [-0.4, -0.2) is 53.2 Å². The van der Waals surface area contributed by atoms with Gasteiger partial charge in [0, 0.05) is 37.2 Å². The van der Waals surface area contributed by atoms with E-state index in [4.69, 9.17) is 9.47 Å². The number of aryl methyl sites for hydroxylation is 1. The fraction of sp³-hybridized carbons (Fsp3) is 0.458. The van der Waals surface area contributed by atoms with Gasteiger partial charge in [-0.15, -0.1) is 0 Å². The van der Waals surface area contributed by atoms with Crippen LogP contribution in [-0.2, 0) is 20.9 Å². The molecule has 0 bridgehead atoms. The van der Waals surface area contributed by atoms with E-state index in [1.807, 2.05) is 70.2 Å². The van der Waals surface area contributed by atoms with Crippen LogP contribution in [0.2, 0.25) is 0 Å². The van der Waals surface area contributed by atoms with Crippen molar-refractivity contribution in [1.29, 1.82) is 0 Å². The molecule has 0 spiro atoms. The predicted octanol–water partition coefficient (Wildman–Crippen LogP) is 3.95. The van der Waals surface area contributed by atoms with Crippen LogP contribution < -0.4 is 4.90 Å². The zero-order chi connectivity index (χ0) is 22.4. The third kappa shape index (κ3) is 6.70. The first kappa shape index (κ1) is 22.6. The Bertz CT molecular complexity index is 895. The third-order valence-corrected chi connectivity index (χ3v) is 4.99. The van der Waals surface area contributed by atoms with Gasteiger partial charge in [0.25, 0.3) is 0 Å². The second kappa shape index (κ2) is 9.81. The first-order valence-corrected chi connectivity index (χ1v) is 10.6. The number of nitrogens with zero attached hydrogens (tertiary/aromatic N) is 3. The summed E-state index contributed by atoms with van der Waals surface area (Å²) in [5.41, 5.74) is 2.29. The lowest BCUT2D eigenvalue weighted by Gasteiger charge is -2.41. The molecule has 166 valence electrons. The van der Waals surface area contributed by atoms with Crippen LogP contribution in [0.25, 0.3) is 0 Å². The third-order valence-electron chi connectivity index (χ3n) is 4.99. The number of pyridine rings is 1. The molecule has 0 aliphatic carbocycles.